The molecule has 0 aliphatic carbocycles. The van der Waals surface area contributed by atoms with Crippen molar-refractivity contribution in [2.45, 2.75) is 39.8 Å². The van der Waals surface area contributed by atoms with E-state index in [1.54, 1.807) is 24.3 Å². The van der Waals surface area contributed by atoms with Crippen LogP contribution in [0.5, 0.6) is 0 Å². The predicted molar refractivity (Wildman–Crippen MR) is 118 cm³/mol. The number of anilines is 3. The summed E-state index contributed by atoms with van der Waals surface area (Å²) in [5.74, 6) is -0.291. The van der Waals surface area contributed by atoms with Gasteiger partial charge in [-0.15, -0.1) is 11.3 Å². The van der Waals surface area contributed by atoms with Crippen molar-refractivity contribution in [2.75, 3.05) is 29.0 Å². The molecule has 4 N–H and O–H groups in total. The van der Waals surface area contributed by atoms with Crippen molar-refractivity contribution in [1.82, 2.24) is 15.2 Å². The average molecular weight is 431 g/mol. The Morgan fingerprint density at radius 2 is 1.90 bits per heavy atom. The molecule has 2 heterocycles. The Morgan fingerprint density at radius 3 is 2.60 bits per heavy atom. The zero-order valence-electron chi connectivity index (χ0n) is 17.2. The number of carbonyl (C=O) groups excluding carboxylic acids is 3. The first-order valence-electron chi connectivity index (χ1n) is 9.74. The normalized spacial score (nSPS) is 13.5. The first-order chi connectivity index (χ1) is 14.3. The van der Waals surface area contributed by atoms with Gasteiger partial charge in [0.1, 0.15) is 0 Å². The van der Waals surface area contributed by atoms with Gasteiger partial charge in [0, 0.05) is 48.7 Å². The van der Waals surface area contributed by atoms with E-state index in [2.05, 4.69) is 26.3 Å². The SMILES string of the molecule is CC(=O)Nc1cccc(NC(=O)CN2CCc3nc(NC(=O)NC(C)C)sc3C2)c1. The summed E-state index contributed by atoms with van der Waals surface area (Å²) in [6.07, 6.45) is 0.727. The molecule has 0 bridgehead atoms. The third kappa shape index (κ3) is 6.26. The third-order valence-electron chi connectivity index (χ3n) is 4.28. The Labute approximate surface area is 179 Å². The molecule has 1 aromatic carbocycles. The second-order valence-electron chi connectivity index (χ2n) is 7.41. The van der Waals surface area contributed by atoms with Crippen molar-refractivity contribution in [3.05, 3.63) is 34.8 Å². The minimum Gasteiger partial charge on any atom is -0.336 e. The number of carbonyl (C=O) groups is 3. The van der Waals surface area contributed by atoms with Gasteiger partial charge >= 0.3 is 6.03 Å². The summed E-state index contributed by atoms with van der Waals surface area (Å²) in [7, 11) is 0. The largest absolute Gasteiger partial charge is 0.336 e. The number of fused-ring (bicyclic) bond motifs is 1. The molecule has 0 fully saturated rings. The van der Waals surface area contributed by atoms with E-state index in [0.29, 0.717) is 29.6 Å². The van der Waals surface area contributed by atoms with Crippen LogP contribution in [0.1, 0.15) is 31.3 Å². The van der Waals surface area contributed by atoms with Crippen LogP contribution >= 0.6 is 11.3 Å². The van der Waals surface area contributed by atoms with Gasteiger partial charge in [-0.2, -0.15) is 0 Å². The number of thiazole rings is 1. The topological polar surface area (TPSA) is 115 Å². The number of nitrogens with zero attached hydrogens (tertiary/aromatic N) is 2. The molecule has 2 aromatic rings. The Morgan fingerprint density at radius 1 is 1.17 bits per heavy atom. The van der Waals surface area contributed by atoms with Gasteiger partial charge in [0.2, 0.25) is 11.8 Å². The minimum absolute atomic E-state index is 0.0486. The molecule has 3 rings (SSSR count). The predicted octanol–water partition coefficient (Wildman–Crippen LogP) is 2.63. The maximum atomic E-state index is 12.5. The van der Waals surface area contributed by atoms with Crippen LogP contribution in [-0.2, 0) is 22.6 Å². The quantitative estimate of drug-likeness (QED) is 0.562. The molecule has 1 aromatic heterocycles. The number of hydrogen-bond acceptors (Lipinski definition) is 6. The van der Waals surface area contributed by atoms with Gasteiger partial charge in [-0.25, -0.2) is 9.78 Å². The lowest BCUT2D eigenvalue weighted by atomic mass is 10.2. The Balaban J connectivity index is 1.54. The summed E-state index contributed by atoms with van der Waals surface area (Å²) in [6.45, 7) is 6.80. The van der Waals surface area contributed by atoms with Crippen molar-refractivity contribution in [1.29, 1.82) is 0 Å². The minimum atomic E-state index is -0.270. The number of amides is 4. The highest BCUT2D eigenvalue weighted by Gasteiger charge is 2.23. The van der Waals surface area contributed by atoms with E-state index in [1.807, 2.05) is 18.7 Å². The molecule has 9 nitrogen and oxygen atoms in total. The fourth-order valence-electron chi connectivity index (χ4n) is 3.11. The van der Waals surface area contributed by atoms with Crippen LogP contribution in [0.15, 0.2) is 24.3 Å². The van der Waals surface area contributed by atoms with Crippen LogP contribution in [0.2, 0.25) is 0 Å². The van der Waals surface area contributed by atoms with Gasteiger partial charge in [0.25, 0.3) is 0 Å². The Bertz CT molecular complexity index is 942. The molecule has 10 heteroatoms. The van der Waals surface area contributed by atoms with Crippen molar-refractivity contribution >= 4 is 45.7 Å². The number of aromatic nitrogens is 1. The summed E-state index contributed by atoms with van der Waals surface area (Å²) < 4.78 is 0. The van der Waals surface area contributed by atoms with Crippen LogP contribution in [0.25, 0.3) is 0 Å². The van der Waals surface area contributed by atoms with Gasteiger partial charge < -0.3 is 16.0 Å². The smallest absolute Gasteiger partial charge is 0.321 e. The number of rotatable bonds is 6. The lowest BCUT2D eigenvalue weighted by Gasteiger charge is -2.25. The zero-order valence-corrected chi connectivity index (χ0v) is 18.1. The molecular weight excluding hydrogens is 404 g/mol. The molecule has 30 heavy (non-hydrogen) atoms. The van der Waals surface area contributed by atoms with Crippen LogP contribution in [0.3, 0.4) is 0 Å². The molecule has 1 aliphatic rings. The van der Waals surface area contributed by atoms with Gasteiger partial charge in [-0.1, -0.05) is 6.07 Å². The second-order valence-corrected chi connectivity index (χ2v) is 8.50. The van der Waals surface area contributed by atoms with Gasteiger partial charge in [0.15, 0.2) is 5.13 Å². The van der Waals surface area contributed by atoms with Gasteiger partial charge in [-0.3, -0.25) is 19.8 Å². The zero-order chi connectivity index (χ0) is 21.7. The first kappa shape index (κ1) is 21.7. The van der Waals surface area contributed by atoms with Crippen molar-refractivity contribution < 1.29 is 14.4 Å². The molecule has 0 saturated heterocycles. The van der Waals surface area contributed by atoms with Crippen LogP contribution in [0, 0.1) is 0 Å². The number of hydrogen-bond donors (Lipinski definition) is 4. The highest BCUT2D eigenvalue weighted by molar-refractivity contribution is 7.15. The van der Waals surface area contributed by atoms with E-state index >= 15 is 0 Å². The maximum absolute atomic E-state index is 12.5. The summed E-state index contributed by atoms with van der Waals surface area (Å²) >= 11 is 1.44. The summed E-state index contributed by atoms with van der Waals surface area (Å²) in [6, 6.07) is 6.81. The third-order valence-corrected chi connectivity index (χ3v) is 5.28. The standard InChI is InChI=1S/C20H26N6O3S/c1-12(2)21-19(29)25-20-24-16-7-8-26(10-17(16)30-20)11-18(28)23-15-6-4-5-14(9-15)22-13(3)27/h4-6,9,12H,7-8,10-11H2,1-3H3,(H,22,27)(H,23,28)(H2,21,24,25,29). The lowest BCUT2D eigenvalue weighted by Crippen LogP contribution is -2.36. The molecule has 0 radical (unpaired) electrons. The molecular formula is C20H26N6O3S. The molecule has 0 saturated carbocycles. The monoisotopic (exact) mass is 430 g/mol. The van der Waals surface area contributed by atoms with Crippen molar-refractivity contribution in [2.24, 2.45) is 0 Å². The molecule has 0 unspecified atom stereocenters. The lowest BCUT2D eigenvalue weighted by molar-refractivity contribution is -0.117. The summed E-state index contributed by atoms with van der Waals surface area (Å²) in [5.41, 5.74) is 2.23. The van der Waals surface area contributed by atoms with E-state index in [1.165, 1.54) is 18.3 Å². The van der Waals surface area contributed by atoms with E-state index in [-0.39, 0.29) is 30.4 Å². The average Bonchev–Trinajstić information content (AvgIpc) is 3.01. The Hall–Kier alpha value is -2.98. The molecule has 4 amide bonds. The molecule has 160 valence electrons. The highest BCUT2D eigenvalue weighted by Crippen LogP contribution is 2.28. The Kier molecular flexibility index (Phi) is 7.01. The van der Waals surface area contributed by atoms with E-state index in [9.17, 15) is 14.4 Å². The van der Waals surface area contributed by atoms with Gasteiger partial charge in [0.05, 0.1) is 12.2 Å². The van der Waals surface area contributed by atoms with Crippen LogP contribution < -0.4 is 21.3 Å². The fourth-order valence-corrected chi connectivity index (χ4v) is 4.16. The van der Waals surface area contributed by atoms with E-state index in [0.717, 1.165) is 17.0 Å². The summed E-state index contributed by atoms with van der Waals surface area (Å²) in [5, 5.41) is 11.7. The number of nitrogens with one attached hydrogen (secondary N) is 4. The van der Waals surface area contributed by atoms with Crippen LogP contribution in [-0.4, -0.2) is 46.9 Å². The number of urea groups is 1. The van der Waals surface area contributed by atoms with Crippen molar-refractivity contribution in [3.63, 3.8) is 0 Å². The number of benzene rings is 1. The first-order valence-corrected chi connectivity index (χ1v) is 10.6. The van der Waals surface area contributed by atoms with Gasteiger partial charge in [-0.05, 0) is 32.0 Å². The highest BCUT2D eigenvalue weighted by atomic mass is 32.1. The van der Waals surface area contributed by atoms with Crippen LogP contribution in [0.4, 0.5) is 21.3 Å². The van der Waals surface area contributed by atoms with Crippen molar-refractivity contribution in [3.8, 4) is 0 Å². The summed E-state index contributed by atoms with van der Waals surface area (Å²) in [4.78, 5) is 43.1. The van der Waals surface area contributed by atoms with E-state index < -0.39 is 0 Å². The molecule has 0 spiro atoms. The molecule has 1 aliphatic heterocycles. The fraction of sp³-hybridized carbons (Fsp3) is 0.400. The molecule has 0 atom stereocenters. The van der Waals surface area contributed by atoms with E-state index in [4.69, 9.17) is 0 Å². The maximum Gasteiger partial charge on any atom is 0.321 e. The second kappa shape index (κ2) is 9.68.